The maximum Gasteiger partial charge on any atom is 0.341 e. The van der Waals surface area contributed by atoms with E-state index in [0.717, 1.165) is 0 Å². The van der Waals surface area contributed by atoms with Crippen LogP contribution in [0, 0.1) is 15.9 Å². The first-order valence-corrected chi connectivity index (χ1v) is 14.7. The molecule has 0 aliphatic heterocycles. The lowest BCUT2D eigenvalue weighted by molar-refractivity contribution is -0.385. The molecular weight excluding hydrogens is 622 g/mol. The summed E-state index contributed by atoms with van der Waals surface area (Å²) in [7, 11) is -3.39. The lowest BCUT2D eigenvalue weighted by Crippen LogP contribution is -2.27. The van der Waals surface area contributed by atoms with Crippen LogP contribution in [0.5, 0.6) is 11.5 Å². The molecule has 0 aliphatic carbocycles. The predicted molar refractivity (Wildman–Crippen MR) is 144 cm³/mol. The number of nitrogens with zero attached hydrogens (tertiary/aromatic N) is 2. The minimum absolute atomic E-state index is 0.0130. The van der Waals surface area contributed by atoms with Crippen LogP contribution in [0.4, 0.5) is 10.1 Å². The van der Waals surface area contributed by atoms with Crippen LogP contribution in [0.3, 0.4) is 0 Å². The van der Waals surface area contributed by atoms with E-state index in [1.54, 1.807) is 31.2 Å². The maximum absolute atomic E-state index is 13.2. The summed E-state index contributed by atoms with van der Waals surface area (Å²) in [6.07, 6.45) is 0.751. The molecule has 0 bridgehead atoms. The van der Waals surface area contributed by atoms with E-state index < -0.39 is 18.7 Å². The minimum atomic E-state index is -3.39. The fourth-order valence-corrected chi connectivity index (χ4v) is 5.82. The van der Waals surface area contributed by atoms with Gasteiger partial charge in [0, 0.05) is 35.4 Å². The summed E-state index contributed by atoms with van der Waals surface area (Å²) in [5.74, 6) is -0.0856. The number of pyridine rings is 1. The van der Waals surface area contributed by atoms with E-state index in [-0.39, 0.29) is 23.0 Å². The number of aromatic nitrogens is 1. The number of halogens is 3. The van der Waals surface area contributed by atoms with Crippen molar-refractivity contribution in [3.63, 3.8) is 0 Å². The van der Waals surface area contributed by atoms with Crippen molar-refractivity contribution in [3.05, 3.63) is 82.3 Å². The van der Waals surface area contributed by atoms with Crippen molar-refractivity contribution >= 4 is 45.2 Å². The molecule has 0 saturated heterocycles. The van der Waals surface area contributed by atoms with Gasteiger partial charge in [-0.25, -0.2) is 14.6 Å². The fourth-order valence-electron chi connectivity index (χ4n) is 3.17. The van der Waals surface area contributed by atoms with Gasteiger partial charge in [-0.15, -0.1) is 0 Å². The predicted octanol–water partition coefficient (Wildman–Crippen LogP) is 6.74. The first-order chi connectivity index (χ1) is 17.2. The quantitative estimate of drug-likeness (QED) is 0.0909. The van der Waals surface area contributed by atoms with Crippen LogP contribution in [-0.4, -0.2) is 33.7 Å². The molecule has 2 N–H and O–H groups in total. The number of rotatable bonds is 13. The molecule has 0 saturated carbocycles. The second kappa shape index (κ2) is 13.4. The normalized spacial score (nSPS) is 12.3. The second-order valence-electron chi connectivity index (χ2n) is 7.47. The molecule has 1 heterocycles. The van der Waals surface area contributed by atoms with Crippen molar-refractivity contribution in [1.29, 1.82) is 0 Å². The van der Waals surface area contributed by atoms with Gasteiger partial charge in [0.25, 0.3) is 0 Å². The third-order valence-corrected chi connectivity index (χ3v) is 7.58. The van der Waals surface area contributed by atoms with Gasteiger partial charge >= 0.3 is 13.4 Å². The summed E-state index contributed by atoms with van der Waals surface area (Å²) in [4.78, 5) is 15.4. The summed E-state index contributed by atoms with van der Waals surface area (Å²) < 4.78 is 38.0. The summed E-state index contributed by atoms with van der Waals surface area (Å²) in [6.45, 7) is 2.52. The van der Waals surface area contributed by atoms with E-state index in [0.29, 0.717) is 40.6 Å². The molecule has 3 rings (SSSR count). The highest BCUT2D eigenvalue weighted by Gasteiger charge is 2.27. The molecule has 0 amide bonds. The molecule has 1 aromatic heterocycles. The van der Waals surface area contributed by atoms with Gasteiger partial charge in [0.1, 0.15) is 11.6 Å². The number of ether oxygens (including phenoxy) is 1. The summed E-state index contributed by atoms with van der Waals surface area (Å²) in [5, 5.41) is 18.5. The Morgan fingerprint density at radius 3 is 2.31 bits per heavy atom. The zero-order valence-corrected chi connectivity index (χ0v) is 23.3. The van der Waals surface area contributed by atoms with Crippen LogP contribution in [0.1, 0.15) is 18.6 Å². The molecule has 2 aromatic carbocycles. The third-order valence-electron chi connectivity index (χ3n) is 4.89. The summed E-state index contributed by atoms with van der Waals surface area (Å²) in [6, 6.07) is 13.5. The largest absolute Gasteiger partial charge is 0.448 e. The van der Waals surface area contributed by atoms with E-state index in [9.17, 15) is 19.1 Å². The summed E-state index contributed by atoms with van der Waals surface area (Å²) >= 11 is 6.58. The highest BCUT2D eigenvalue weighted by molar-refractivity contribution is 9.09. The molecule has 3 aromatic rings. The highest BCUT2D eigenvalue weighted by Crippen LogP contribution is 2.44. The number of nitro groups is 1. The van der Waals surface area contributed by atoms with Crippen molar-refractivity contribution in [2.75, 3.05) is 23.7 Å². The van der Waals surface area contributed by atoms with Crippen LogP contribution < -0.4 is 14.9 Å². The van der Waals surface area contributed by atoms with Gasteiger partial charge in [-0.2, -0.15) is 0 Å². The lowest BCUT2D eigenvalue weighted by Gasteiger charge is -2.24. The van der Waals surface area contributed by atoms with E-state index in [1.807, 2.05) is 0 Å². The Hall–Kier alpha value is -2.21. The highest BCUT2D eigenvalue weighted by atomic mass is 79.9. The van der Waals surface area contributed by atoms with Crippen molar-refractivity contribution in [1.82, 2.24) is 15.2 Å². The van der Waals surface area contributed by atoms with Gasteiger partial charge in [-0.1, -0.05) is 31.9 Å². The molecule has 0 aliphatic rings. The van der Waals surface area contributed by atoms with E-state index in [2.05, 4.69) is 47.0 Å². The van der Waals surface area contributed by atoms with E-state index in [4.69, 9.17) is 9.26 Å². The van der Waals surface area contributed by atoms with Crippen molar-refractivity contribution in [3.8, 4) is 22.8 Å². The van der Waals surface area contributed by atoms with Crippen LogP contribution in [0.2, 0.25) is 0 Å². The Morgan fingerprint density at radius 2 is 1.75 bits per heavy atom. The lowest BCUT2D eigenvalue weighted by atomic mass is 10.1. The molecule has 1 unspecified atom stereocenters. The average molecular weight is 646 g/mol. The fraction of sp³-hybridized carbons (Fsp3) is 0.261. The topological polar surface area (TPSA) is 116 Å². The monoisotopic (exact) mass is 644 g/mol. The molecule has 0 radical (unpaired) electrons. The van der Waals surface area contributed by atoms with E-state index >= 15 is 0 Å². The second-order valence-corrected chi connectivity index (χ2v) is 11.0. The minimum Gasteiger partial charge on any atom is -0.448 e. The number of nitro benzene ring substituents is 1. The average Bonchev–Trinajstić information content (AvgIpc) is 2.87. The van der Waals surface area contributed by atoms with Crippen molar-refractivity contribution in [2.45, 2.75) is 13.0 Å². The van der Waals surface area contributed by atoms with Crippen LogP contribution in [0.15, 0.2) is 60.8 Å². The molecule has 13 heteroatoms. The van der Waals surface area contributed by atoms with Crippen LogP contribution in [-0.2, 0) is 9.09 Å². The maximum atomic E-state index is 13.2. The molecule has 0 spiro atoms. The first kappa shape index (κ1) is 28.4. The molecule has 1 atom stereocenters. The zero-order valence-electron chi connectivity index (χ0n) is 19.2. The molecular formula is C23H24Br2FN4O5P. The third kappa shape index (κ3) is 7.89. The Labute approximate surface area is 224 Å². The van der Waals surface area contributed by atoms with Gasteiger partial charge in [-0.3, -0.25) is 24.2 Å². The van der Waals surface area contributed by atoms with Gasteiger partial charge < -0.3 is 4.74 Å². The smallest absolute Gasteiger partial charge is 0.341 e. The Balaban J connectivity index is 1.82. The number of benzene rings is 2. The van der Waals surface area contributed by atoms with Gasteiger partial charge in [-0.05, 0) is 61.0 Å². The van der Waals surface area contributed by atoms with Crippen LogP contribution in [0.25, 0.3) is 11.3 Å². The standard InChI is InChI=1S/C23H24Br2FN4O5P/c1-16(35-36(33,28-12-10-24)29-13-11-25)18-4-9-22(30(31)32)23(14-18)34-20-7-8-21(27-15-20)17-2-5-19(26)6-3-17/h2-9,14-16H,10-13H2,1H3,(H2,28,29,33). The number of alkyl halides is 2. The Kier molecular flexibility index (Phi) is 10.5. The first-order valence-electron chi connectivity index (χ1n) is 10.8. The number of nitrogens with one attached hydrogen (secondary N) is 2. The number of hydrogen-bond donors (Lipinski definition) is 2. The van der Waals surface area contributed by atoms with Gasteiger partial charge in [0.2, 0.25) is 5.75 Å². The molecule has 0 fully saturated rings. The van der Waals surface area contributed by atoms with Gasteiger partial charge in [0.05, 0.1) is 22.9 Å². The van der Waals surface area contributed by atoms with Crippen molar-refractivity contribution in [2.24, 2.45) is 0 Å². The van der Waals surface area contributed by atoms with Crippen molar-refractivity contribution < 1.29 is 23.1 Å². The van der Waals surface area contributed by atoms with Crippen LogP contribution >= 0.6 is 39.5 Å². The summed E-state index contributed by atoms with van der Waals surface area (Å²) in [5.41, 5.74) is 1.60. The molecule has 36 heavy (non-hydrogen) atoms. The van der Waals surface area contributed by atoms with E-state index in [1.165, 1.54) is 36.5 Å². The molecule has 9 nitrogen and oxygen atoms in total. The number of hydrogen-bond acceptors (Lipinski definition) is 6. The Morgan fingerprint density at radius 1 is 1.08 bits per heavy atom. The molecule has 192 valence electrons. The van der Waals surface area contributed by atoms with Gasteiger partial charge in [0.15, 0.2) is 0 Å². The zero-order chi connectivity index (χ0) is 26.1. The Bertz CT molecular complexity index is 1210. The SMILES string of the molecule is CC(OP(=O)(NCCBr)NCCBr)c1ccc([N+](=O)[O-])c(Oc2ccc(-c3ccc(F)cc3)nc2)c1.